The average Bonchev–Trinajstić information content (AvgIpc) is 2.70. The molecule has 0 saturated carbocycles. The number of nitrogens with one attached hydrogen (secondary N) is 1. The highest BCUT2D eigenvalue weighted by Crippen LogP contribution is 2.25. The maximum Gasteiger partial charge on any atom is 0.108 e. The first-order valence-corrected chi connectivity index (χ1v) is 8.44. The molecule has 1 fully saturated rings. The number of likely N-dealkylation sites (tertiary alicyclic amines) is 1. The zero-order valence-corrected chi connectivity index (χ0v) is 14.2. The van der Waals surface area contributed by atoms with Crippen molar-refractivity contribution in [2.45, 2.75) is 64.0 Å². The zero-order valence-electron chi connectivity index (χ0n) is 14.2. The van der Waals surface area contributed by atoms with Gasteiger partial charge in [-0.3, -0.25) is 4.90 Å². The van der Waals surface area contributed by atoms with Crippen LogP contribution in [-0.4, -0.2) is 46.2 Å². The van der Waals surface area contributed by atoms with E-state index in [0.29, 0.717) is 6.04 Å². The first-order valence-electron chi connectivity index (χ1n) is 8.44. The summed E-state index contributed by atoms with van der Waals surface area (Å²) in [6.45, 7) is 7.29. The van der Waals surface area contributed by atoms with Gasteiger partial charge in [-0.1, -0.05) is 12.8 Å². The first kappa shape index (κ1) is 16.5. The molecule has 2 rings (SSSR count). The molecule has 0 aromatic carbocycles. The van der Waals surface area contributed by atoms with Crippen LogP contribution in [0.1, 0.15) is 51.8 Å². The molecule has 0 bridgehead atoms. The Morgan fingerprint density at radius 2 is 1.90 bits per heavy atom. The standard InChI is InChI=1S/C17H32N4/c1-17(2,21-12-7-5-6-8-13-21)15(18-3)9-10-16-19-11-14-20(16)4/h11,14-15,18H,5-10,12-13H2,1-4H3. The first-order chi connectivity index (χ1) is 10.1. The summed E-state index contributed by atoms with van der Waals surface area (Å²) in [7, 11) is 4.18. The van der Waals surface area contributed by atoms with E-state index in [2.05, 4.69) is 47.7 Å². The Labute approximate surface area is 129 Å². The largest absolute Gasteiger partial charge is 0.338 e. The van der Waals surface area contributed by atoms with E-state index in [1.807, 2.05) is 12.4 Å². The Morgan fingerprint density at radius 1 is 1.24 bits per heavy atom. The predicted octanol–water partition coefficient (Wildman–Crippen LogP) is 2.60. The predicted molar refractivity (Wildman–Crippen MR) is 88.5 cm³/mol. The van der Waals surface area contributed by atoms with Crippen molar-refractivity contribution in [3.8, 4) is 0 Å². The topological polar surface area (TPSA) is 33.1 Å². The van der Waals surface area contributed by atoms with Gasteiger partial charge >= 0.3 is 0 Å². The number of rotatable bonds is 6. The number of hydrogen-bond donors (Lipinski definition) is 1. The fraction of sp³-hybridized carbons (Fsp3) is 0.824. The van der Waals surface area contributed by atoms with E-state index in [1.165, 1.54) is 44.6 Å². The number of nitrogens with zero attached hydrogens (tertiary/aromatic N) is 3. The molecule has 120 valence electrons. The Morgan fingerprint density at radius 3 is 2.43 bits per heavy atom. The summed E-state index contributed by atoms with van der Waals surface area (Å²) in [6.07, 6.45) is 11.6. The molecule has 0 amide bonds. The van der Waals surface area contributed by atoms with E-state index in [1.54, 1.807) is 0 Å². The molecule has 0 radical (unpaired) electrons. The lowest BCUT2D eigenvalue weighted by Gasteiger charge is -2.44. The van der Waals surface area contributed by atoms with Gasteiger partial charge in [0.05, 0.1) is 0 Å². The van der Waals surface area contributed by atoms with E-state index in [4.69, 9.17) is 0 Å². The van der Waals surface area contributed by atoms with Gasteiger partial charge in [-0.05, 0) is 53.2 Å². The van der Waals surface area contributed by atoms with Crippen molar-refractivity contribution >= 4 is 0 Å². The Bertz CT molecular complexity index is 416. The highest BCUT2D eigenvalue weighted by molar-refractivity contribution is 4.98. The summed E-state index contributed by atoms with van der Waals surface area (Å²) in [5, 5.41) is 3.56. The quantitative estimate of drug-likeness (QED) is 0.875. The molecular formula is C17H32N4. The van der Waals surface area contributed by atoms with Gasteiger partial charge < -0.3 is 9.88 Å². The van der Waals surface area contributed by atoms with Crippen molar-refractivity contribution in [3.63, 3.8) is 0 Å². The normalized spacial score (nSPS) is 19.4. The monoisotopic (exact) mass is 292 g/mol. The van der Waals surface area contributed by atoms with Gasteiger partial charge in [-0.25, -0.2) is 4.98 Å². The van der Waals surface area contributed by atoms with Crippen molar-refractivity contribution in [1.82, 2.24) is 19.8 Å². The number of likely N-dealkylation sites (N-methyl/N-ethyl adjacent to an activating group) is 1. The van der Waals surface area contributed by atoms with Crippen molar-refractivity contribution in [2.75, 3.05) is 20.1 Å². The fourth-order valence-electron chi connectivity index (χ4n) is 3.63. The molecule has 1 aromatic heterocycles. The number of aryl methyl sites for hydroxylation is 2. The van der Waals surface area contributed by atoms with Crippen LogP contribution < -0.4 is 5.32 Å². The lowest BCUT2D eigenvalue weighted by Crippen LogP contribution is -2.57. The average molecular weight is 292 g/mol. The molecule has 1 aromatic rings. The molecule has 4 nitrogen and oxygen atoms in total. The number of aromatic nitrogens is 2. The minimum Gasteiger partial charge on any atom is -0.338 e. The third-order valence-electron chi connectivity index (χ3n) is 5.20. The van der Waals surface area contributed by atoms with Crippen LogP contribution in [0.3, 0.4) is 0 Å². The van der Waals surface area contributed by atoms with Crippen molar-refractivity contribution in [3.05, 3.63) is 18.2 Å². The third kappa shape index (κ3) is 4.07. The molecular weight excluding hydrogens is 260 g/mol. The smallest absolute Gasteiger partial charge is 0.108 e. The summed E-state index contributed by atoms with van der Waals surface area (Å²) in [4.78, 5) is 7.15. The highest BCUT2D eigenvalue weighted by Gasteiger charge is 2.34. The van der Waals surface area contributed by atoms with Crippen LogP contribution in [0.25, 0.3) is 0 Å². The number of imidazole rings is 1. The molecule has 0 aliphatic carbocycles. The Balaban J connectivity index is 1.98. The second-order valence-corrected chi connectivity index (χ2v) is 6.89. The van der Waals surface area contributed by atoms with Gasteiger partial charge in [0.2, 0.25) is 0 Å². The molecule has 0 spiro atoms. The maximum atomic E-state index is 4.45. The van der Waals surface area contributed by atoms with Crippen LogP contribution in [0, 0.1) is 0 Å². The lowest BCUT2D eigenvalue weighted by atomic mass is 9.88. The van der Waals surface area contributed by atoms with Crippen LogP contribution in [0.5, 0.6) is 0 Å². The SMILES string of the molecule is CNC(CCc1nccn1C)C(C)(C)N1CCCCCC1. The molecule has 1 atom stereocenters. The van der Waals surface area contributed by atoms with Crippen molar-refractivity contribution in [2.24, 2.45) is 7.05 Å². The fourth-order valence-corrected chi connectivity index (χ4v) is 3.63. The summed E-state index contributed by atoms with van der Waals surface area (Å²) in [5.41, 5.74) is 0.199. The summed E-state index contributed by atoms with van der Waals surface area (Å²) < 4.78 is 2.13. The molecule has 4 heteroatoms. The third-order valence-corrected chi connectivity index (χ3v) is 5.20. The molecule has 1 N–H and O–H groups in total. The summed E-state index contributed by atoms with van der Waals surface area (Å²) >= 11 is 0. The van der Waals surface area contributed by atoms with Crippen molar-refractivity contribution < 1.29 is 0 Å². The molecule has 21 heavy (non-hydrogen) atoms. The van der Waals surface area contributed by atoms with E-state index in [-0.39, 0.29) is 5.54 Å². The lowest BCUT2D eigenvalue weighted by molar-refractivity contribution is 0.0829. The Hall–Kier alpha value is -0.870. The van der Waals surface area contributed by atoms with Gasteiger partial charge in [0.15, 0.2) is 0 Å². The molecule has 1 aliphatic heterocycles. The van der Waals surface area contributed by atoms with Gasteiger partial charge in [0.25, 0.3) is 0 Å². The molecule has 1 saturated heterocycles. The van der Waals surface area contributed by atoms with E-state index in [9.17, 15) is 0 Å². The van der Waals surface area contributed by atoms with Gasteiger partial charge in [0, 0.05) is 37.4 Å². The zero-order chi connectivity index (χ0) is 15.3. The van der Waals surface area contributed by atoms with E-state index >= 15 is 0 Å². The maximum absolute atomic E-state index is 4.45. The highest BCUT2D eigenvalue weighted by atomic mass is 15.2. The minimum atomic E-state index is 0.199. The summed E-state index contributed by atoms with van der Waals surface area (Å²) in [6, 6.07) is 0.493. The second-order valence-electron chi connectivity index (χ2n) is 6.89. The molecule has 2 heterocycles. The second kappa shape index (κ2) is 7.41. The van der Waals surface area contributed by atoms with E-state index < -0.39 is 0 Å². The van der Waals surface area contributed by atoms with Gasteiger partial charge in [0.1, 0.15) is 5.82 Å². The minimum absolute atomic E-state index is 0.199. The van der Waals surface area contributed by atoms with Crippen molar-refractivity contribution in [1.29, 1.82) is 0 Å². The van der Waals surface area contributed by atoms with Gasteiger partial charge in [-0.2, -0.15) is 0 Å². The van der Waals surface area contributed by atoms with Crippen LogP contribution in [0.4, 0.5) is 0 Å². The molecule has 1 aliphatic rings. The van der Waals surface area contributed by atoms with Crippen LogP contribution in [0.15, 0.2) is 12.4 Å². The van der Waals surface area contributed by atoms with Crippen LogP contribution >= 0.6 is 0 Å². The summed E-state index contributed by atoms with van der Waals surface area (Å²) in [5.74, 6) is 1.18. The number of hydrogen-bond acceptors (Lipinski definition) is 3. The molecule has 1 unspecified atom stereocenters. The van der Waals surface area contributed by atoms with Crippen LogP contribution in [-0.2, 0) is 13.5 Å². The van der Waals surface area contributed by atoms with Crippen LogP contribution in [0.2, 0.25) is 0 Å². The van der Waals surface area contributed by atoms with Gasteiger partial charge in [-0.15, -0.1) is 0 Å². The van der Waals surface area contributed by atoms with E-state index in [0.717, 1.165) is 12.8 Å². The Kier molecular flexibility index (Phi) is 5.82.